The molecule has 14 heavy (non-hydrogen) atoms. The Labute approximate surface area is 97.5 Å². The van der Waals surface area contributed by atoms with Crippen LogP contribution in [0.15, 0.2) is 22.9 Å². The third-order valence-corrected chi connectivity index (χ3v) is 2.26. The minimum atomic E-state index is 0.188. The molecule has 0 amide bonds. The van der Waals surface area contributed by atoms with Crippen molar-refractivity contribution in [1.29, 1.82) is 0 Å². The lowest BCUT2D eigenvalue weighted by Crippen LogP contribution is -2.08. The molecule has 3 N–H and O–H groups in total. The quantitative estimate of drug-likeness (QED) is 0.643. The molecule has 1 aromatic heterocycles. The first-order chi connectivity index (χ1) is 6.60. The zero-order valence-electron chi connectivity index (χ0n) is 7.90. The number of rotatable bonds is 2. The zero-order valence-corrected chi connectivity index (χ0v) is 10.3. The smallest absolute Gasteiger partial charge is 0.133 e. The Morgan fingerprint density at radius 3 is 2.50 bits per heavy atom. The summed E-state index contributed by atoms with van der Waals surface area (Å²) in [5.41, 5.74) is 5.14. The molecule has 0 saturated carbocycles. The van der Waals surface area contributed by atoms with Gasteiger partial charge in [-0.05, 0) is 34.5 Å². The van der Waals surface area contributed by atoms with E-state index in [1.807, 2.05) is 6.92 Å². The summed E-state index contributed by atoms with van der Waals surface area (Å²) in [4.78, 5) is 4.70. The van der Waals surface area contributed by atoms with Crippen molar-refractivity contribution in [1.82, 2.24) is 4.98 Å². The van der Waals surface area contributed by atoms with Gasteiger partial charge in [-0.3, -0.25) is 0 Å². The standard InChI is InChI=1S/C5H4BrNO.C4H9NS/c6-5-2-1-4(8)3-7-5;1-2-4(6)3-5/h1-3,8H;2-3,5H2,1H3. The van der Waals surface area contributed by atoms with Crippen LogP contribution in [0.25, 0.3) is 0 Å². The molecule has 0 fully saturated rings. The monoisotopic (exact) mass is 276 g/mol. The van der Waals surface area contributed by atoms with Crippen molar-refractivity contribution in [3.8, 4) is 5.75 Å². The van der Waals surface area contributed by atoms with Gasteiger partial charge in [0.05, 0.1) is 6.20 Å². The van der Waals surface area contributed by atoms with Crippen molar-refractivity contribution in [3.05, 3.63) is 22.9 Å². The van der Waals surface area contributed by atoms with Crippen LogP contribution in [-0.2, 0) is 0 Å². The number of thiocarbonyl (C=S) groups is 1. The molecule has 0 aliphatic heterocycles. The molecule has 0 bridgehead atoms. The van der Waals surface area contributed by atoms with E-state index in [1.165, 1.54) is 6.20 Å². The van der Waals surface area contributed by atoms with Crippen molar-refractivity contribution in [2.45, 2.75) is 13.3 Å². The Morgan fingerprint density at radius 1 is 1.64 bits per heavy atom. The fourth-order valence-electron chi connectivity index (χ4n) is 0.512. The van der Waals surface area contributed by atoms with Gasteiger partial charge in [-0.2, -0.15) is 0 Å². The van der Waals surface area contributed by atoms with Gasteiger partial charge < -0.3 is 10.8 Å². The third kappa shape index (κ3) is 6.94. The van der Waals surface area contributed by atoms with E-state index in [-0.39, 0.29) is 5.75 Å². The number of aromatic nitrogens is 1. The largest absolute Gasteiger partial charge is 0.506 e. The highest BCUT2D eigenvalue weighted by Crippen LogP contribution is 2.09. The first-order valence-corrected chi connectivity index (χ1v) is 5.32. The number of aromatic hydroxyl groups is 1. The molecule has 1 aromatic rings. The average Bonchev–Trinajstić information content (AvgIpc) is 2.22. The normalized spacial score (nSPS) is 8.79. The molecule has 5 heteroatoms. The molecule has 0 radical (unpaired) electrons. The number of halogens is 1. The van der Waals surface area contributed by atoms with Crippen LogP contribution in [-0.4, -0.2) is 21.5 Å². The van der Waals surface area contributed by atoms with Gasteiger partial charge in [-0.1, -0.05) is 19.1 Å². The topological polar surface area (TPSA) is 59.1 Å². The molecule has 0 aromatic carbocycles. The van der Waals surface area contributed by atoms with Crippen molar-refractivity contribution in [2.24, 2.45) is 5.73 Å². The van der Waals surface area contributed by atoms with E-state index >= 15 is 0 Å². The molecule has 0 atom stereocenters. The lowest BCUT2D eigenvalue weighted by Gasteiger charge is -1.87. The Hall–Kier alpha value is -0.520. The SMILES string of the molecule is CCC(=S)CN.Oc1ccc(Br)nc1. The van der Waals surface area contributed by atoms with Gasteiger partial charge in [0, 0.05) is 11.4 Å². The second-order valence-corrected chi connectivity index (χ2v) is 3.83. The van der Waals surface area contributed by atoms with E-state index in [2.05, 4.69) is 20.9 Å². The maximum Gasteiger partial charge on any atom is 0.133 e. The highest BCUT2D eigenvalue weighted by Gasteiger charge is 1.85. The molecule has 0 unspecified atom stereocenters. The molecule has 0 aliphatic carbocycles. The highest BCUT2D eigenvalue weighted by atomic mass is 79.9. The van der Waals surface area contributed by atoms with Crippen molar-refractivity contribution in [3.63, 3.8) is 0 Å². The van der Waals surface area contributed by atoms with Gasteiger partial charge >= 0.3 is 0 Å². The summed E-state index contributed by atoms with van der Waals surface area (Å²) < 4.78 is 0.732. The van der Waals surface area contributed by atoms with E-state index in [0.717, 1.165) is 15.9 Å². The van der Waals surface area contributed by atoms with Crippen molar-refractivity contribution < 1.29 is 5.11 Å². The number of hydrogen-bond acceptors (Lipinski definition) is 4. The van der Waals surface area contributed by atoms with Gasteiger partial charge in [-0.25, -0.2) is 4.98 Å². The van der Waals surface area contributed by atoms with E-state index in [1.54, 1.807) is 12.1 Å². The molecular weight excluding hydrogens is 264 g/mol. The summed E-state index contributed by atoms with van der Waals surface area (Å²) in [5, 5.41) is 8.67. The van der Waals surface area contributed by atoms with Gasteiger partial charge in [0.15, 0.2) is 0 Å². The van der Waals surface area contributed by atoms with E-state index in [0.29, 0.717) is 6.54 Å². The van der Waals surface area contributed by atoms with Crippen LogP contribution in [0.1, 0.15) is 13.3 Å². The van der Waals surface area contributed by atoms with Crippen LogP contribution >= 0.6 is 28.1 Å². The first kappa shape index (κ1) is 13.5. The molecule has 0 spiro atoms. The number of nitrogens with two attached hydrogens (primary N) is 1. The molecule has 78 valence electrons. The molecule has 0 saturated heterocycles. The van der Waals surface area contributed by atoms with E-state index < -0.39 is 0 Å². The summed E-state index contributed by atoms with van der Waals surface area (Å²) in [6, 6.07) is 3.24. The van der Waals surface area contributed by atoms with E-state index in [4.69, 9.17) is 23.1 Å². The minimum absolute atomic E-state index is 0.188. The molecule has 1 rings (SSSR count). The van der Waals surface area contributed by atoms with Crippen LogP contribution in [0, 0.1) is 0 Å². The summed E-state index contributed by atoms with van der Waals surface area (Å²) in [7, 11) is 0. The molecule has 3 nitrogen and oxygen atoms in total. The summed E-state index contributed by atoms with van der Waals surface area (Å²) in [5.74, 6) is 0.188. The molecule has 0 aliphatic rings. The summed E-state index contributed by atoms with van der Waals surface area (Å²) >= 11 is 7.85. The number of nitrogens with zero attached hydrogens (tertiary/aromatic N) is 1. The predicted octanol–water partition coefficient (Wildman–Crippen LogP) is 2.27. The molecule has 1 heterocycles. The van der Waals surface area contributed by atoms with Gasteiger partial charge in [0.25, 0.3) is 0 Å². The van der Waals surface area contributed by atoms with Crippen LogP contribution in [0.2, 0.25) is 0 Å². The third-order valence-electron chi connectivity index (χ3n) is 1.33. The van der Waals surface area contributed by atoms with Gasteiger partial charge in [-0.15, -0.1) is 0 Å². The second kappa shape index (κ2) is 7.84. The summed E-state index contributed by atoms with van der Waals surface area (Å²) in [6.45, 7) is 2.57. The minimum Gasteiger partial charge on any atom is -0.506 e. The van der Waals surface area contributed by atoms with Gasteiger partial charge in [0.2, 0.25) is 0 Å². The van der Waals surface area contributed by atoms with Gasteiger partial charge in [0.1, 0.15) is 10.4 Å². The first-order valence-electron chi connectivity index (χ1n) is 4.12. The zero-order chi connectivity index (χ0) is 11.0. The second-order valence-electron chi connectivity index (χ2n) is 2.44. The van der Waals surface area contributed by atoms with Crippen LogP contribution in [0.4, 0.5) is 0 Å². The Balaban J connectivity index is 0.000000255. The van der Waals surface area contributed by atoms with Crippen LogP contribution in [0.3, 0.4) is 0 Å². The van der Waals surface area contributed by atoms with Crippen LogP contribution in [0.5, 0.6) is 5.75 Å². The average molecular weight is 277 g/mol. The van der Waals surface area contributed by atoms with Crippen LogP contribution < -0.4 is 5.73 Å². The molecular formula is C9H13BrN2OS. The van der Waals surface area contributed by atoms with Crippen molar-refractivity contribution >= 4 is 33.0 Å². The maximum atomic E-state index is 8.67. The summed E-state index contributed by atoms with van der Waals surface area (Å²) in [6.07, 6.45) is 2.32. The lowest BCUT2D eigenvalue weighted by molar-refractivity contribution is 0.472. The predicted molar refractivity (Wildman–Crippen MR) is 65.5 cm³/mol. The number of hydrogen-bond donors (Lipinski definition) is 2. The fraction of sp³-hybridized carbons (Fsp3) is 0.333. The maximum absolute atomic E-state index is 8.67. The lowest BCUT2D eigenvalue weighted by atomic mass is 10.3. The fourth-order valence-corrected chi connectivity index (χ4v) is 0.747. The highest BCUT2D eigenvalue weighted by molar-refractivity contribution is 9.10. The van der Waals surface area contributed by atoms with Crippen molar-refractivity contribution in [2.75, 3.05) is 6.54 Å². The number of pyridine rings is 1. The van der Waals surface area contributed by atoms with E-state index in [9.17, 15) is 0 Å². The Morgan fingerprint density at radius 2 is 2.29 bits per heavy atom. The Bertz CT molecular complexity index is 250. The Kier molecular flexibility index (Phi) is 7.55.